The van der Waals surface area contributed by atoms with E-state index in [1.165, 1.54) is 31.9 Å². The Morgan fingerprint density at radius 3 is 2.92 bits per heavy atom. The molecule has 0 aromatic carbocycles. The van der Waals surface area contributed by atoms with Gasteiger partial charge in [0.05, 0.1) is 30.5 Å². The van der Waals surface area contributed by atoms with Crippen molar-refractivity contribution in [3.8, 4) is 0 Å². The predicted octanol–water partition coefficient (Wildman–Crippen LogP) is 2.06. The summed E-state index contributed by atoms with van der Waals surface area (Å²) in [7, 11) is 0. The van der Waals surface area contributed by atoms with Gasteiger partial charge in [-0.3, -0.25) is 4.79 Å². The van der Waals surface area contributed by atoms with Crippen LogP contribution in [0.25, 0.3) is 0 Å². The quantitative estimate of drug-likeness (QED) is 0.845. The molecule has 1 aromatic rings. The Labute approximate surface area is 142 Å². The average molecular weight is 331 g/mol. The van der Waals surface area contributed by atoms with Crippen molar-refractivity contribution in [1.82, 2.24) is 15.1 Å². The van der Waals surface area contributed by atoms with Crippen molar-refractivity contribution in [3.63, 3.8) is 0 Å². The average Bonchev–Trinajstić information content (AvgIpc) is 3.28. The van der Waals surface area contributed by atoms with Crippen molar-refractivity contribution in [3.05, 3.63) is 24.0 Å². The van der Waals surface area contributed by atoms with Crippen LogP contribution in [0.5, 0.6) is 0 Å². The Balaban J connectivity index is 1.45. The van der Waals surface area contributed by atoms with E-state index in [1.54, 1.807) is 12.3 Å². The van der Waals surface area contributed by atoms with Crippen LogP contribution in [-0.4, -0.2) is 59.0 Å². The molecule has 1 aromatic heterocycles. The number of nitrogens with zero attached hydrogens (tertiary/aromatic N) is 3. The molecule has 2 saturated heterocycles. The smallest absolute Gasteiger partial charge is 0.255 e. The summed E-state index contributed by atoms with van der Waals surface area (Å²) >= 11 is 0. The Bertz CT molecular complexity index is 562. The zero-order valence-electron chi connectivity index (χ0n) is 14.0. The molecule has 4 rings (SSSR count). The van der Waals surface area contributed by atoms with Crippen LogP contribution in [0.2, 0.25) is 0 Å². The van der Waals surface area contributed by atoms with Crippen LogP contribution < -0.4 is 0 Å². The van der Waals surface area contributed by atoms with E-state index in [2.05, 4.69) is 10.2 Å². The van der Waals surface area contributed by atoms with Crippen LogP contribution in [0.1, 0.15) is 48.9 Å². The maximum Gasteiger partial charge on any atom is 0.255 e. The second-order valence-electron chi connectivity index (χ2n) is 7.16. The molecule has 6 nitrogen and oxygen atoms in total. The van der Waals surface area contributed by atoms with Gasteiger partial charge >= 0.3 is 0 Å². The number of fused-ring (bicyclic) bond motifs is 1. The molecule has 2 aliphatic heterocycles. The van der Waals surface area contributed by atoms with E-state index in [0.29, 0.717) is 18.0 Å². The van der Waals surface area contributed by atoms with Crippen LogP contribution in [0.3, 0.4) is 0 Å². The first-order chi connectivity index (χ1) is 11.8. The molecule has 0 N–H and O–H groups in total. The molecule has 0 spiro atoms. The number of aromatic nitrogens is 2. The monoisotopic (exact) mass is 331 g/mol. The van der Waals surface area contributed by atoms with Gasteiger partial charge in [-0.25, -0.2) is 0 Å². The highest BCUT2D eigenvalue weighted by Crippen LogP contribution is 2.33. The fourth-order valence-corrected chi connectivity index (χ4v) is 4.31. The summed E-state index contributed by atoms with van der Waals surface area (Å²) in [6.07, 6.45) is 10.3. The topological polar surface area (TPSA) is 64.6 Å². The van der Waals surface area contributed by atoms with E-state index in [1.807, 2.05) is 4.90 Å². The summed E-state index contributed by atoms with van der Waals surface area (Å²) in [6.45, 7) is 2.18. The molecule has 0 unspecified atom stereocenters. The Morgan fingerprint density at radius 2 is 2.12 bits per heavy atom. The van der Waals surface area contributed by atoms with Gasteiger partial charge in [-0.1, -0.05) is 12.8 Å². The molecule has 3 fully saturated rings. The number of carbonyl (C=O) groups is 1. The molecule has 1 amide bonds. The maximum atomic E-state index is 12.9. The van der Waals surface area contributed by atoms with Gasteiger partial charge in [0.15, 0.2) is 0 Å². The van der Waals surface area contributed by atoms with Crippen LogP contribution in [-0.2, 0) is 9.47 Å². The summed E-state index contributed by atoms with van der Waals surface area (Å²) in [6, 6.07) is 1.84. The van der Waals surface area contributed by atoms with E-state index >= 15 is 0 Å². The first kappa shape index (κ1) is 16.0. The largest absolute Gasteiger partial charge is 0.373 e. The highest BCUT2D eigenvalue weighted by Gasteiger charge is 2.47. The lowest BCUT2D eigenvalue weighted by atomic mass is 10.0. The summed E-state index contributed by atoms with van der Waals surface area (Å²) < 4.78 is 12.2. The minimum atomic E-state index is -0.00496. The van der Waals surface area contributed by atoms with Gasteiger partial charge in [-0.05, 0) is 37.7 Å². The minimum absolute atomic E-state index is 0.00496. The fraction of sp³-hybridized carbons (Fsp3) is 0.722. The Morgan fingerprint density at radius 1 is 1.25 bits per heavy atom. The molecule has 0 radical (unpaired) electrons. The molecular formula is C18H25N3O3. The molecule has 3 heterocycles. The summed E-state index contributed by atoms with van der Waals surface area (Å²) in [5.74, 6) is 0.693. The number of carbonyl (C=O) groups excluding carboxylic acids is 1. The molecule has 6 heteroatoms. The van der Waals surface area contributed by atoms with Gasteiger partial charge in [0.25, 0.3) is 5.91 Å². The van der Waals surface area contributed by atoms with Crippen LogP contribution in [0.4, 0.5) is 0 Å². The predicted molar refractivity (Wildman–Crippen MR) is 87.5 cm³/mol. The first-order valence-corrected chi connectivity index (χ1v) is 9.14. The van der Waals surface area contributed by atoms with E-state index in [9.17, 15) is 4.79 Å². The molecule has 1 aliphatic carbocycles. The van der Waals surface area contributed by atoms with Crippen LogP contribution in [0, 0.1) is 5.92 Å². The molecule has 0 bridgehead atoms. The molecule has 3 atom stereocenters. The second-order valence-corrected chi connectivity index (χ2v) is 7.16. The lowest BCUT2D eigenvalue weighted by Gasteiger charge is -2.32. The maximum absolute atomic E-state index is 12.9. The Hall–Kier alpha value is -1.53. The Kier molecular flexibility index (Phi) is 4.76. The summed E-state index contributed by atoms with van der Waals surface area (Å²) in [5.41, 5.74) is 0.589. The van der Waals surface area contributed by atoms with Crippen molar-refractivity contribution in [2.45, 2.75) is 56.8 Å². The third-order valence-electron chi connectivity index (χ3n) is 5.59. The zero-order valence-corrected chi connectivity index (χ0v) is 14.0. The molecule has 3 aliphatic rings. The molecule has 130 valence electrons. The van der Waals surface area contributed by atoms with Gasteiger partial charge in [-0.2, -0.15) is 10.2 Å². The lowest BCUT2D eigenvalue weighted by Crippen LogP contribution is -2.44. The highest BCUT2D eigenvalue weighted by molar-refractivity contribution is 5.94. The van der Waals surface area contributed by atoms with Gasteiger partial charge in [0.1, 0.15) is 12.2 Å². The second kappa shape index (κ2) is 7.15. The lowest BCUT2D eigenvalue weighted by molar-refractivity contribution is -0.0821. The van der Waals surface area contributed by atoms with Crippen LogP contribution >= 0.6 is 0 Å². The number of ether oxygens (including phenoxy) is 2. The van der Waals surface area contributed by atoms with Gasteiger partial charge < -0.3 is 14.4 Å². The van der Waals surface area contributed by atoms with Gasteiger partial charge in [0.2, 0.25) is 0 Å². The molecule has 24 heavy (non-hydrogen) atoms. The summed E-state index contributed by atoms with van der Waals surface area (Å²) in [5, 5.41) is 7.58. The third kappa shape index (κ3) is 3.17. The number of likely N-dealkylation sites (tertiary alicyclic amines) is 1. The van der Waals surface area contributed by atoms with Crippen molar-refractivity contribution < 1.29 is 14.3 Å². The SMILES string of the molecule is O=C(c1ccnnc1)N1C[C@@H](OCC2CCCC2)[C@@H]2OCCC[C@@H]21. The third-order valence-corrected chi connectivity index (χ3v) is 5.59. The standard InChI is InChI=1S/C18H25N3O3/c22-18(14-7-8-19-20-10-14)21-11-16(17-15(21)6-3-9-23-17)24-12-13-4-1-2-5-13/h7-8,10,13,15-17H,1-6,9,11-12H2/t15-,16+,17+/m0/s1. The van der Waals surface area contributed by atoms with Crippen LogP contribution in [0.15, 0.2) is 18.5 Å². The van der Waals surface area contributed by atoms with E-state index in [0.717, 1.165) is 26.1 Å². The number of amides is 1. The van der Waals surface area contributed by atoms with E-state index in [-0.39, 0.29) is 24.2 Å². The zero-order chi connectivity index (χ0) is 16.4. The fourth-order valence-electron chi connectivity index (χ4n) is 4.31. The van der Waals surface area contributed by atoms with Crippen molar-refractivity contribution in [1.29, 1.82) is 0 Å². The van der Waals surface area contributed by atoms with E-state index in [4.69, 9.17) is 9.47 Å². The summed E-state index contributed by atoms with van der Waals surface area (Å²) in [4.78, 5) is 14.8. The van der Waals surface area contributed by atoms with Gasteiger partial charge in [0, 0.05) is 13.2 Å². The minimum Gasteiger partial charge on any atom is -0.373 e. The normalized spacial score (nSPS) is 30.5. The molecular weight excluding hydrogens is 306 g/mol. The number of hydrogen-bond donors (Lipinski definition) is 0. The van der Waals surface area contributed by atoms with Crippen molar-refractivity contribution in [2.24, 2.45) is 5.92 Å². The van der Waals surface area contributed by atoms with Gasteiger partial charge in [-0.15, -0.1) is 0 Å². The number of rotatable bonds is 4. The van der Waals surface area contributed by atoms with Crippen molar-refractivity contribution >= 4 is 5.91 Å². The number of hydrogen-bond acceptors (Lipinski definition) is 5. The van der Waals surface area contributed by atoms with E-state index < -0.39 is 0 Å². The van der Waals surface area contributed by atoms with Crippen molar-refractivity contribution in [2.75, 3.05) is 19.8 Å². The molecule has 1 saturated carbocycles. The first-order valence-electron chi connectivity index (χ1n) is 9.14. The highest BCUT2D eigenvalue weighted by atomic mass is 16.5.